The molecular weight excluding hydrogens is 246 g/mol. The van der Waals surface area contributed by atoms with Crippen LogP contribution in [0.2, 0.25) is 0 Å². The number of hydrogen-bond acceptors (Lipinski definition) is 8. The standard InChI is InChI=1S/C7H7N7O2S/c1-13-3-10-12-7(13)17-5-4(14(15)16)2-9-6(8)11-5/h2-3H,1H3,(H2,8,9,11). The highest BCUT2D eigenvalue weighted by atomic mass is 32.2. The van der Waals surface area contributed by atoms with Crippen LogP contribution in [0.3, 0.4) is 0 Å². The van der Waals surface area contributed by atoms with Crippen LogP contribution in [0, 0.1) is 10.1 Å². The van der Waals surface area contributed by atoms with Crippen molar-refractivity contribution in [3.8, 4) is 0 Å². The fraction of sp³-hybridized carbons (Fsp3) is 0.143. The summed E-state index contributed by atoms with van der Waals surface area (Å²) in [6, 6.07) is 0. The number of aromatic nitrogens is 5. The Kier molecular flexibility index (Phi) is 2.87. The van der Waals surface area contributed by atoms with Crippen molar-refractivity contribution in [1.29, 1.82) is 0 Å². The maximum atomic E-state index is 10.8. The molecule has 0 radical (unpaired) electrons. The van der Waals surface area contributed by atoms with E-state index in [2.05, 4.69) is 20.2 Å². The van der Waals surface area contributed by atoms with Gasteiger partial charge in [-0.3, -0.25) is 10.1 Å². The Bertz CT molecular complexity index is 569. The van der Waals surface area contributed by atoms with E-state index in [1.54, 1.807) is 11.6 Å². The SMILES string of the molecule is Cn1cnnc1Sc1nc(N)ncc1[N+](=O)[O-]. The lowest BCUT2D eigenvalue weighted by atomic mass is 10.5. The summed E-state index contributed by atoms with van der Waals surface area (Å²) in [7, 11) is 1.72. The van der Waals surface area contributed by atoms with Gasteiger partial charge in [0.2, 0.25) is 5.95 Å². The molecule has 0 aliphatic rings. The van der Waals surface area contributed by atoms with E-state index in [0.717, 1.165) is 18.0 Å². The molecular formula is C7H7N7O2S. The molecule has 0 aliphatic heterocycles. The molecule has 9 nitrogen and oxygen atoms in total. The molecule has 17 heavy (non-hydrogen) atoms. The van der Waals surface area contributed by atoms with Crippen LogP contribution >= 0.6 is 11.8 Å². The molecule has 0 fully saturated rings. The monoisotopic (exact) mass is 253 g/mol. The lowest BCUT2D eigenvalue weighted by Gasteiger charge is -2.01. The Hall–Kier alpha value is -2.23. The molecule has 2 N–H and O–H groups in total. The van der Waals surface area contributed by atoms with Crippen LogP contribution in [0.1, 0.15) is 0 Å². The van der Waals surface area contributed by atoms with Gasteiger partial charge in [0.1, 0.15) is 12.5 Å². The maximum absolute atomic E-state index is 10.8. The average Bonchev–Trinajstić information content (AvgIpc) is 2.64. The molecule has 0 spiro atoms. The average molecular weight is 253 g/mol. The van der Waals surface area contributed by atoms with Crippen molar-refractivity contribution < 1.29 is 4.92 Å². The van der Waals surface area contributed by atoms with Crippen LogP contribution in [0.15, 0.2) is 22.7 Å². The van der Waals surface area contributed by atoms with E-state index in [9.17, 15) is 10.1 Å². The fourth-order valence-electron chi connectivity index (χ4n) is 1.02. The molecule has 0 saturated carbocycles. The summed E-state index contributed by atoms with van der Waals surface area (Å²) in [5.41, 5.74) is 5.18. The van der Waals surface area contributed by atoms with Gasteiger partial charge in [0, 0.05) is 7.05 Å². The van der Waals surface area contributed by atoms with Gasteiger partial charge >= 0.3 is 5.69 Å². The summed E-state index contributed by atoms with van der Waals surface area (Å²) < 4.78 is 1.62. The van der Waals surface area contributed by atoms with Crippen molar-refractivity contribution in [3.05, 3.63) is 22.6 Å². The molecule has 0 saturated heterocycles. The van der Waals surface area contributed by atoms with Crippen LogP contribution in [0.4, 0.5) is 11.6 Å². The Balaban J connectivity index is 2.41. The van der Waals surface area contributed by atoms with Crippen LogP contribution < -0.4 is 5.73 Å². The number of nitrogen functional groups attached to an aromatic ring is 1. The second-order valence-corrected chi connectivity index (χ2v) is 3.96. The summed E-state index contributed by atoms with van der Waals surface area (Å²) in [6.07, 6.45) is 2.56. The number of anilines is 1. The summed E-state index contributed by atoms with van der Waals surface area (Å²) >= 11 is 1.01. The van der Waals surface area contributed by atoms with Crippen LogP contribution in [0.5, 0.6) is 0 Å². The van der Waals surface area contributed by atoms with E-state index in [1.807, 2.05) is 0 Å². The van der Waals surface area contributed by atoms with Crippen molar-refractivity contribution in [2.24, 2.45) is 7.05 Å². The van der Waals surface area contributed by atoms with Gasteiger partial charge in [0.05, 0.1) is 4.92 Å². The maximum Gasteiger partial charge on any atom is 0.320 e. The Labute approximate surface area is 99.2 Å². The predicted molar refractivity (Wildman–Crippen MR) is 58.2 cm³/mol. The van der Waals surface area contributed by atoms with Gasteiger partial charge in [0.15, 0.2) is 10.2 Å². The van der Waals surface area contributed by atoms with Gasteiger partial charge in [-0.15, -0.1) is 10.2 Å². The second-order valence-electron chi connectivity index (χ2n) is 3.00. The zero-order valence-electron chi connectivity index (χ0n) is 8.64. The first kappa shape index (κ1) is 11.3. The van der Waals surface area contributed by atoms with Gasteiger partial charge in [-0.25, -0.2) is 4.98 Å². The highest BCUT2D eigenvalue weighted by Crippen LogP contribution is 2.31. The number of aryl methyl sites for hydroxylation is 1. The molecule has 0 atom stereocenters. The summed E-state index contributed by atoms with van der Waals surface area (Å²) in [5, 5.41) is 18.8. The molecule has 0 amide bonds. The largest absolute Gasteiger partial charge is 0.368 e. The highest BCUT2D eigenvalue weighted by Gasteiger charge is 2.19. The summed E-state index contributed by atoms with van der Waals surface area (Å²) in [6.45, 7) is 0. The van der Waals surface area contributed by atoms with Crippen molar-refractivity contribution in [2.75, 3.05) is 5.73 Å². The molecule has 2 aromatic rings. The number of rotatable bonds is 3. The van der Waals surface area contributed by atoms with Crippen LogP contribution in [-0.2, 0) is 7.05 Å². The van der Waals surface area contributed by atoms with Gasteiger partial charge in [-0.1, -0.05) is 0 Å². The third kappa shape index (κ3) is 2.30. The molecule has 0 aromatic carbocycles. The predicted octanol–water partition coefficient (Wildman–Crippen LogP) is 0.247. The van der Waals surface area contributed by atoms with Crippen molar-refractivity contribution >= 4 is 23.4 Å². The van der Waals surface area contributed by atoms with Crippen LogP contribution in [-0.4, -0.2) is 29.7 Å². The minimum absolute atomic E-state index is 0.0275. The lowest BCUT2D eigenvalue weighted by Crippen LogP contribution is -2.01. The lowest BCUT2D eigenvalue weighted by molar-refractivity contribution is -0.388. The Morgan fingerprint density at radius 1 is 1.59 bits per heavy atom. The number of nitrogens with zero attached hydrogens (tertiary/aromatic N) is 6. The van der Waals surface area contributed by atoms with Gasteiger partial charge in [-0.2, -0.15) is 4.98 Å². The molecule has 0 unspecified atom stereocenters. The molecule has 2 rings (SSSR count). The number of nitrogens with two attached hydrogens (primary N) is 1. The Morgan fingerprint density at radius 3 is 2.94 bits per heavy atom. The van der Waals surface area contributed by atoms with Crippen molar-refractivity contribution in [2.45, 2.75) is 10.2 Å². The quantitative estimate of drug-likeness (QED) is 0.468. The second kappa shape index (κ2) is 4.33. The third-order valence-electron chi connectivity index (χ3n) is 1.81. The summed E-state index contributed by atoms with van der Waals surface area (Å²) in [5.74, 6) is -0.0275. The van der Waals surface area contributed by atoms with Gasteiger partial charge in [-0.05, 0) is 11.8 Å². The van der Waals surface area contributed by atoms with E-state index in [0.29, 0.717) is 5.16 Å². The molecule has 2 heterocycles. The zero-order chi connectivity index (χ0) is 12.4. The van der Waals surface area contributed by atoms with E-state index >= 15 is 0 Å². The summed E-state index contributed by atoms with van der Waals surface area (Å²) in [4.78, 5) is 17.6. The number of hydrogen-bond donors (Lipinski definition) is 1. The van der Waals surface area contributed by atoms with Gasteiger partial charge < -0.3 is 10.3 Å². The number of nitro groups is 1. The van der Waals surface area contributed by atoms with Crippen molar-refractivity contribution in [1.82, 2.24) is 24.7 Å². The smallest absolute Gasteiger partial charge is 0.320 e. The van der Waals surface area contributed by atoms with E-state index < -0.39 is 4.92 Å². The molecule has 88 valence electrons. The zero-order valence-corrected chi connectivity index (χ0v) is 9.46. The van der Waals surface area contributed by atoms with Crippen molar-refractivity contribution in [3.63, 3.8) is 0 Å². The first-order valence-electron chi connectivity index (χ1n) is 4.36. The fourth-order valence-corrected chi connectivity index (χ4v) is 1.85. The van der Waals surface area contributed by atoms with E-state index in [1.165, 1.54) is 6.33 Å². The molecule has 0 aliphatic carbocycles. The molecule has 2 aromatic heterocycles. The molecule has 10 heteroatoms. The topological polar surface area (TPSA) is 126 Å². The minimum Gasteiger partial charge on any atom is -0.368 e. The first-order valence-corrected chi connectivity index (χ1v) is 5.18. The van der Waals surface area contributed by atoms with Gasteiger partial charge in [0.25, 0.3) is 0 Å². The Morgan fingerprint density at radius 2 is 2.35 bits per heavy atom. The molecule has 0 bridgehead atoms. The highest BCUT2D eigenvalue weighted by molar-refractivity contribution is 7.99. The first-order chi connectivity index (χ1) is 8.08. The van der Waals surface area contributed by atoms with E-state index in [-0.39, 0.29) is 16.7 Å². The minimum atomic E-state index is -0.571. The normalized spacial score (nSPS) is 10.4. The van der Waals surface area contributed by atoms with E-state index in [4.69, 9.17) is 5.73 Å². The van der Waals surface area contributed by atoms with Crippen LogP contribution in [0.25, 0.3) is 0 Å². The third-order valence-corrected chi connectivity index (χ3v) is 2.85.